The lowest BCUT2D eigenvalue weighted by atomic mass is 10.1. The van der Waals surface area contributed by atoms with Gasteiger partial charge in [0.2, 0.25) is 5.89 Å². The Labute approximate surface area is 191 Å². The minimum Gasteiger partial charge on any atom is -0.403 e. The van der Waals surface area contributed by atoms with Crippen LogP contribution in [0.4, 0.5) is 11.7 Å². The van der Waals surface area contributed by atoms with Crippen LogP contribution in [0.3, 0.4) is 0 Å². The van der Waals surface area contributed by atoms with E-state index < -0.39 is 15.9 Å². The molecule has 0 atom stereocenters. The van der Waals surface area contributed by atoms with Crippen molar-refractivity contribution >= 4 is 27.6 Å². The Morgan fingerprint density at radius 1 is 0.909 bits per heavy atom. The maximum absolute atomic E-state index is 12.9. The largest absolute Gasteiger partial charge is 0.403 e. The first-order valence-corrected chi connectivity index (χ1v) is 11.6. The summed E-state index contributed by atoms with van der Waals surface area (Å²) in [5.41, 5.74) is 3.67. The maximum Gasteiger partial charge on any atom is 0.322 e. The third-order valence-electron chi connectivity index (χ3n) is 5.01. The Hall–Kier alpha value is -3.98. The lowest BCUT2D eigenvalue weighted by Gasteiger charge is -2.19. The van der Waals surface area contributed by atoms with Gasteiger partial charge in [-0.3, -0.25) is 14.4 Å². The molecule has 0 aliphatic heterocycles. The van der Waals surface area contributed by atoms with E-state index in [1.165, 1.54) is 35.6 Å². The van der Waals surface area contributed by atoms with Crippen LogP contribution < -0.4 is 9.62 Å². The van der Waals surface area contributed by atoms with Crippen molar-refractivity contribution in [3.63, 3.8) is 0 Å². The smallest absolute Gasteiger partial charge is 0.322 e. The van der Waals surface area contributed by atoms with Gasteiger partial charge in [-0.05, 0) is 62.4 Å². The Bertz CT molecular complexity index is 1380. The van der Waals surface area contributed by atoms with Crippen LogP contribution >= 0.6 is 0 Å². The summed E-state index contributed by atoms with van der Waals surface area (Å²) in [6, 6.07) is 20.2. The quantitative estimate of drug-likeness (QED) is 0.454. The minimum absolute atomic E-state index is 0.0466. The molecule has 0 unspecified atom stereocenters. The summed E-state index contributed by atoms with van der Waals surface area (Å²) in [5.74, 6) is -0.200. The van der Waals surface area contributed by atoms with Crippen LogP contribution in [0.15, 0.2) is 82.1 Å². The molecule has 1 aromatic heterocycles. The number of hydrogen-bond acceptors (Lipinski definition) is 6. The summed E-state index contributed by atoms with van der Waals surface area (Å²) in [6.07, 6.45) is 0. The lowest BCUT2D eigenvalue weighted by Crippen LogP contribution is -2.26. The Morgan fingerprint density at radius 2 is 1.55 bits per heavy atom. The van der Waals surface area contributed by atoms with Crippen LogP contribution in [-0.2, 0) is 10.0 Å². The predicted molar refractivity (Wildman–Crippen MR) is 126 cm³/mol. The summed E-state index contributed by atoms with van der Waals surface area (Å²) < 4.78 is 32.5. The number of hydrogen-bond donors (Lipinski definition) is 1. The van der Waals surface area contributed by atoms with E-state index in [-0.39, 0.29) is 16.5 Å². The average Bonchev–Trinajstić information content (AvgIpc) is 3.27. The molecular weight excluding hydrogens is 440 g/mol. The van der Waals surface area contributed by atoms with E-state index >= 15 is 0 Å². The number of carbonyl (C=O) groups excluding carboxylic acids is 1. The molecule has 168 valence electrons. The summed E-state index contributed by atoms with van der Waals surface area (Å²) >= 11 is 0. The standard InChI is InChI=1S/C24H22N4O4S/c1-16-13-17(2)15-19(14-16)23-26-27-24(32-23)25-22(29)18-9-11-21(12-10-18)33(30,31)28(3)20-7-5-4-6-8-20/h4-15H,1-3H3,(H,25,27,29). The van der Waals surface area contributed by atoms with Crippen molar-refractivity contribution < 1.29 is 17.6 Å². The van der Waals surface area contributed by atoms with Crippen molar-refractivity contribution in [2.75, 3.05) is 16.7 Å². The highest BCUT2D eigenvalue weighted by molar-refractivity contribution is 7.92. The van der Waals surface area contributed by atoms with Gasteiger partial charge in [0.25, 0.3) is 15.9 Å². The molecule has 0 radical (unpaired) electrons. The number of anilines is 2. The number of nitrogens with one attached hydrogen (secondary N) is 1. The molecule has 0 saturated heterocycles. The first-order valence-electron chi connectivity index (χ1n) is 10.1. The minimum atomic E-state index is -3.77. The van der Waals surface area contributed by atoms with E-state index in [4.69, 9.17) is 4.42 Å². The molecule has 0 saturated carbocycles. The molecule has 4 rings (SSSR count). The maximum atomic E-state index is 12.9. The number of carbonyl (C=O) groups is 1. The molecule has 4 aromatic rings. The normalized spacial score (nSPS) is 11.2. The van der Waals surface area contributed by atoms with Crippen LogP contribution in [0, 0.1) is 13.8 Å². The second kappa shape index (κ2) is 8.87. The van der Waals surface area contributed by atoms with Crippen molar-refractivity contribution in [3.8, 4) is 11.5 Å². The number of aromatic nitrogens is 2. The van der Waals surface area contributed by atoms with Gasteiger partial charge in [0.05, 0.1) is 10.6 Å². The van der Waals surface area contributed by atoms with Crippen LogP contribution in [0.1, 0.15) is 21.5 Å². The number of para-hydroxylation sites is 1. The Balaban J connectivity index is 1.48. The molecule has 0 fully saturated rings. The van der Waals surface area contributed by atoms with Gasteiger partial charge in [-0.1, -0.05) is 40.5 Å². The van der Waals surface area contributed by atoms with E-state index in [0.717, 1.165) is 16.7 Å². The zero-order valence-electron chi connectivity index (χ0n) is 18.3. The third-order valence-corrected chi connectivity index (χ3v) is 6.81. The topological polar surface area (TPSA) is 105 Å². The van der Waals surface area contributed by atoms with Crippen molar-refractivity contribution in [2.45, 2.75) is 18.7 Å². The summed E-state index contributed by atoms with van der Waals surface area (Å²) in [5, 5.41) is 10.4. The second-order valence-electron chi connectivity index (χ2n) is 7.58. The van der Waals surface area contributed by atoms with Crippen LogP contribution in [0.2, 0.25) is 0 Å². The molecule has 1 amide bonds. The monoisotopic (exact) mass is 462 g/mol. The van der Waals surface area contributed by atoms with Crippen LogP contribution in [0.25, 0.3) is 11.5 Å². The molecule has 0 bridgehead atoms. The fraction of sp³-hybridized carbons (Fsp3) is 0.125. The predicted octanol–water partition coefficient (Wildman–Crippen LogP) is 4.43. The van der Waals surface area contributed by atoms with Crippen LogP contribution in [0.5, 0.6) is 0 Å². The number of amides is 1. The zero-order chi connectivity index (χ0) is 23.6. The molecule has 0 aliphatic rings. The van der Waals surface area contributed by atoms with Gasteiger partial charge in [-0.2, -0.15) is 0 Å². The van der Waals surface area contributed by atoms with E-state index in [1.54, 1.807) is 24.3 Å². The van der Waals surface area contributed by atoms with Gasteiger partial charge >= 0.3 is 6.01 Å². The molecule has 9 heteroatoms. The van der Waals surface area contributed by atoms with Crippen LogP contribution in [-0.4, -0.2) is 31.6 Å². The summed E-state index contributed by atoms with van der Waals surface area (Å²) in [4.78, 5) is 12.7. The highest BCUT2D eigenvalue weighted by Crippen LogP contribution is 2.24. The molecule has 1 heterocycles. The molecule has 0 spiro atoms. The van der Waals surface area contributed by atoms with Gasteiger partial charge in [0.1, 0.15) is 0 Å². The number of sulfonamides is 1. The fourth-order valence-electron chi connectivity index (χ4n) is 3.37. The molecule has 33 heavy (non-hydrogen) atoms. The molecule has 3 aromatic carbocycles. The number of rotatable bonds is 6. The Kier molecular flexibility index (Phi) is 5.97. The summed E-state index contributed by atoms with van der Waals surface area (Å²) in [7, 11) is -2.29. The average molecular weight is 463 g/mol. The highest BCUT2D eigenvalue weighted by atomic mass is 32.2. The second-order valence-corrected chi connectivity index (χ2v) is 9.54. The van der Waals surface area contributed by atoms with Crippen molar-refractivity contribution in [2.24, 2.45) is 0 Å². The number of benzene rings is 3. The van der Waals surface area contributed by atoms with E-state index in [1.807, 2.05) is 38.1 Å². The molecule has 1 N–H and O–H groups in total. The van der Waals surface area contributed by atoms with Gasteiger partial charge in [-0.25, -0.2) is 8.42 Å². The lowest BCUT2D eigenvalue weighted by molar-refractivity contribution is 0.102. The van der Waals surface area contributed by atoms with Gasteiger partial charge < -0.3 is 4.42 Å². The van der Waals surface area contributed by atoms with Gasteiger partial charge in [-0.15, -0.1) is 5.10 Å². The third kappa shape index (κ3) is 4.78. The molecule has 0 aliphatic carbocycles. The number of aryl methyl sites for hydroxylation is 2. The molecule has 8 nitrogen and oxygen atoms in total. The SMILES string of the molecule is Cc1cc(C)cc(-c2nnc(NC(=O)c3ccc(S(=O)(=O)N(C)c4ccccc4)cc3)o2)c1. The number of nitrogens with zero attached hydrogens (tertiary/aromatic N) is 3. The van der Waals surface area contributed by atoms with Gasteiger partial charge in [0, 0.05) is 18.2 Å². The van der Waals surface area contributed by atoms with E-state index in [2.05, 4.69) is 15.5 Å². The summed E-state index contributed by atoms with van der Waals surface area (Å²) in [6.45, 7) is 3.94. The van der Waals surface area contributed by atoms with Crippen molar-refractivity contribution in [1.82, 2.24) is 10.2 Å². The van der Waals surface area contributed by atoms with E-state index in [9.17, 15) is 13.2 Å². The van der Waals surface area contributed by atoms with Crippen molar-refractivity contribution in [3.05, 3.63) is 89.5 Å². The first kappa shape index (κ1) is 22.2. The van der Waals surface area contributed by atoms with E-state index in [0.29, 0.717) is 11.6 Å². The Morgan fingerprint density at radius 3 is 2.18 bits per heavy atom. The first-order chi connectivity index (χ1) is 15.7. The van der Waals surface area contributed by atoms with Crippen molar-refractivity contribution in [1.29, 1.82) is 0 Å². The fourth-order valence-corrected chi connectivity index (χ4v) is 4.57. The van der Waals surface area contributed by atoms with Gasteiger partial charge in [0.15, 0.2) is 0 Å². The molecular formula is C24H22N4O4S. The highest BCUT2D eigenvalue weighted by Gasteiger charge is 2.22. The zero-order valence-corrected chi connectivity index (χ0v) is 19.1.